The molecular formula is C12H10Br2N2O2S. The zero-order valence-corrected chi connectivity index (χ0v) is 13.6. The van der Waals surface area contributed by atoms with Gasteiger partial charge in [-0.25, -0.2) is 8.42 Å². The molecule has 2 aromatic rings. The largest absolute Gasteiger partial charge is 0.399 e. The summed E-state index contributed by atoms with van der Waals surface area (Å²) in [6.45, 7) is 0. The van der Waals surface area contributed by atoms with Crippen LogP contribution in [-0.4, -0.2) is 8.42 Å². The van der Waals surface area contributed by atoms with Crippen molar-refractivity contribution in [3.05, 3.63) is 51.4 Å². The molecular weight excluding hydrogens is 396 g/mol. The van der Waals surface area contributed by atoms with E-state index in [2.05, 4.69) is 36.6 Å². The summed E-state index contributed by atoms with van der Waals surface area (Å²) in [5.74, 6) is 0. The fourth-order valence-electron chi connectivity index (χ4n) is 1.47. The molecule has 0 spiro atoms. The number of hydrogen-bond acceptors (Lipinski definition) is 3. The molecule has 0 amide bonds. The highest BCUT2D eigenvalue weighted by atomic mass is 79.9. The second-order valence-electron chi connectivity index (χ2n) is 3.83. The third kappa shape index (κ3) is 3.71. The highest BCUT2D eigenvalue weighted by Crippen LogP contribution is 2.25. The van der Waals surface area contributed by atoms with Crippen molar-refractivity contribution in [3.8, 4) is 0 Å². The number of benzene rings is 2. The van der Waals surface area contributed by atoms with Gasteiger partial charge in [-0.1, -0.05) is 31.9 Å². The van der Waals surface area contributed by atoms with E-state index in [4.69, 9.17) is 5.73 Å². The predicted octanol–water partition coefficient (Wildman–Crippen LogP) is 3.59. The van der Waals surface area contributed by atoms with Crippen LogP contribution in [-0.2, 0) is 10.0 Å². The van der Waals surface area contributed by atoms with Crippen LogP contribution < -0.4 is 10.5 Å². The van der Waals surface area contributed by atoms with E-state index in [1.165, 1.54) is 12.1 Å². The lowest BCUT2D eigenvalue weighted by molar-refractivity contribution is 0.601. The number of nitrogens with one attached hydrogen (secondary N) is 1. The first-order valence-corrected chi connectivity index (χ1v) is 8.28. The Morgan fingerprint density at radius 2 is 1.47 bits per heavy atom. The highest BCUT2D eigenvalue weighted by molar-refractivity contribution is 9.11. The lowest BCUT2D eigenvalue weighted by Crippen LogP contribution is -2.12. The Bertz CT molecular complexity index is 680. The van der Waals surface area contributed by atoms with Crippen molar-refractivity contribution in [1.82, 2.24) is 0 Å². The normalized spacial score (nSPS) is 11.3. The minimum atomic E-state index is -3.61. The van der Waals surface area contributed by atoms with E-state index in [1.807, 2.05) is 6.07 Å². The molecule has 0 atom stereocenters. The van der Waals surface area contributed by atoms with E-state index in [9.17, 15) is 8.42 Å². The number of hydrogen-bond donors (Lipinski definition) is 2. The van der Waals surface area contributed by atoms with Gasteiger partial charge in [0.2, 0.25) is 0 Å². The van der Waals surface area contributed by atoms with E-state index in [1.54, 1.807) is 24.3 Å². The number of nitrogen functional groups attached to an aromatic ring is 1. The fraction of sp³-hybridized carbons (Fsp3) is 0. The molecule has 2 aromatic carbocycles. The summed E-state index contributed by atoms with van der Waals surface area (Å²) in [5, 5.41) is 0. The summed E-state index contributed by atoms with van der Waals surface area (Å²) in [6.07, 6.45) is 0. The summed E-state index contributed by atoms with van der Waals surface area (Å²) >= 11 is 6.61. The van der Waals surface area contributed by atoms with Gasteiger partial charge in [0.05, 0.1) is 10.6 Å². The SMILES string of the molecule is Nc1ccc(S(=O)(=O)Nc2cc(Br)cc(Br)c2)cc1. The van der Waals surface area contributed by atoms with Crippen molar-refractivity contribution in [3.63, 3.8) is 0 Å². The van der Waals surface area contributed by atoms with E-state index in [0.29, 0.717) is 11.4 Å². The van der Waals surface area contributed by atoms with Crippen molar-refractivity contribution in [2.24, 2.45) is 0 Å². The quantitative estimate of drug-likeness (QED) is 0.766. The number of sulfonamides is 1. The van der Waals surface area contributed by atoms with Crippen LogP contribution in [0.25, 0.3) is 0 Å². The average molecular weight is 406 g/mol. The standard InChI is InChI=1S/C12H10Br2N2O2S/c13-8-5-9(14)7-11(6-8)16-19(17,18)12-3-1-10(15)2-4-12/h1-7,16H,15H2. The second kappa shape index (κ2) is 5.52. The average Bonchev–Trinajstić information content (AvgIpc) is 2.27. The van der Waals surface area contributed by atoms with Crippen LogP contribution in [0.4, 0.5) is 11.4 Å². The van der Waals surface area contributed by atoms with Crippen LogP contribution in [0, 0.1) is 0 Å². The lowest BCUT2D eigenvalue weighted by Gasteiger charge is -2.09. The van der Waals surface area contributed by atoms with Crippen molar-refractivity contribution in [2.75, 3.05) is 10.5 Å². The Balaban J connectivity index is 2.33. The third-order valence-electron chi connectivity index (χ3n) is 2.31. The predicted molar refractivity (Wildman–Crippen MR) is 83.5 cm³/mol. The van der Waals surface area contributed by atoms with Crippen molar-refractivity contribution >= 4 is 53.3 Å². The minimum Gasteiger partial charge on any atom is -0.399 e. The molecule has 100 valence electrons. The Hall–Kier alpha value is -1.05. The first-order chi connectivity index (χ1) is 8.87. The molecule has 0 heterocycles. The van der Waals surface area contributed by atoms with Crippen LogP contribution in [0.3, 0.4) is 0 Å². The molecule has 0 unspecified atom stereocenters. The van der Waals surface area contributed by atoms with Gasteiger partial charge in [0, 0.05) is 14.6 Å². The summed E-state index contributed by atoms with van der Waals surface area (Å²) in [5.41, 5.74) is 6.52. The number of anilines is 2. The Kier molecular flexibility index (Phi) is 4.17. The van der Waals surface area contributed by atoms with Crippen LogP contribution in [0.5, 0.6) is 0 Å². The van der Waals surface area contributed by atoms with Gasteiger partial charge < -0.3 is 5.73 Å². The summed E-state index contributed by atoms with van der Waals surface area (Å²) in [6, 6.07) is 11.2. The molecule has 3 N–H and O–H groups in total. The zero-order valence-electron chi connectivity index (χ0n) is 9.60. The van der Waals surface area contributed by atoms with Crippen molar-refractivity contribution in [2.45, 2.75) is 4.90 Å². The van der Waals surface area contributed by atoms with E-state index < -0.39 is 10.0 Å². The molecule has 7 heteroatoms. The summed E-state index contributed by atoms with van der Waals surface area (Å²) in [7, 11) is -3.61. The number of nitrogens with two attached hydrogens (primary N) is 1. The molecule has 0 aliphatic rings. The first-order valence-electron chi connectivity index (χ1n) is 5.21. The monoisotopic (exact) mass is 404 g/mol. The molecule has 4 nitrogen and oxygen atoms in total. The maximum Gasteiger partial charge on any atom is 0.261 e. The number of halogens is 2. The van der Waals surface area contributed by atoms with Crippen LogP contribution in [0.15, 0.2) is 56.3 Å². The van der Waals surface area contributed by atoms with Gasteiger partial charge in [0.25, 0.3) is 10.0 Å². The van der Waals surface area contributed by atoms with E-state index >= 15 is 0 Å². The van der Waals surface area contributed by atoms with Gasteiger partial charge in [-0.15, -0.1) is 0 Å². The van der Waals surface area contributed by atoms with Crippen molar-refractivity contribution < 1.29 is 8.42 Å². The van der Waals surface area contributed by atoms with Crippen LogP contribution in [0.2, 0.25) is 0 Å². The first kappa shape index (κ1) is 14.4. The molecule has 2 rings (SSSR count). The van der Waals surface area contributed by atoms with Crippen LogP contribution >= 0.6 is 31.9 Å². The maximum atomic E-state index is 12.2. The summed E-state index contributed by atoms with van der Waals surface area (Å²) in [4.78, 5) is 0.165. The van der Waals surface area contributed by atoms with Gasteiger partial charge in [0.15, 0.2) is 0 Å². The summed E-state index contributed by atoms with van der Waals surface area (Å²) < 4.78 is 28.4. The van der Waals surface area contributed by atoms with Gasteiger partial charge in [-0.3, -0.25) is 4.72 Å². The molecule has 0 aromatic heterocycles. The maximum absolute atomic E-state index is 12.2. The van der Waals surface area contributed by atoms with Crippen molar-refractivity contribution in [1.29, 1.82) is 0 Å². The second-order valence-corrected chi connectivity index (χ2v) is 7.35. The molecule has 0 saturated carbocycles. The van der Waals surface area contributed by atoms with Gasteiger partial charge in [0.1, 0.15) is 0 Å². The fourth-order valence-corrected chi connectivity index (χ4v) is 3.81. The molecule has 0 saturated heterocycles. The molecule has 0 aliphatic heterocycles. The smallest absolute Gasteiger partial charge is 0.261 e. The Morgan fingerprint density at radius 3 is 2.00 bits per heavy atom. The topological polar surface area (TPSA) is 72.2 Å². The lowest BCUT2D eigenvalue weighted by atomic mass is 10.3. The molecule has 0 radical (unpaired) electrons. The zero-order chi connectivity index (χ0) is 14.0. The molecule has 19 heavy (non-hydrogen) atoms. The van der Waals surface area contributed by atoms with Gasteiger partial charge >= 0.3 is 0 Å². The minimum absolute atomic E-state index is 0.165. The highest BCUT2D eigenvalue weighted by Gasteiger charge is 2.14. The van der Waals surface area contributed by atoms with E-state index in [0.717, 1.165) is 8.95 Å². The molecule has 0 bridgehead atoms. The van der Waals surface area contributed by atoms with Gasteiger partial charge in [-0.05, 0) is 42.5 Å². The Labute approximate surface area is 128 Å². The van der Waals surface area contributed by atoms with Gasteiger partial charge in [-0.2, -0.15) is 0 Å². The number of rotatable bonds is 3. The third-order valence-corrected chi connectivity index (χ3v) is 4.62. The van der Waals surface area contributed by atoms with E-state index in [-0.39, 0.29) is 4.90 Å². The molecule has 0 aliphatic carbocycles. The van der Waals surface area contributed by atoms with Crippen LogP contribution in [0.1, 0.15) is 0 Å². The molecule has 0 fully saturated rings. The Morgan fingerprint density at radius 1 is 0.947 bits per heavy atom.